The number of pyridine rings is 1. The maximum absolute atomic E-state index is 14.0. The zero-order valence-electron chi connectivity index (χ0n) is 20.1. The number of aromatic nitrogens is 6. The summed E-state index contributed by atoms with van der Waals surface area (Å²) in [5, 5.41) is 3.16. The van der Waals surface area contributed by atoms with Crippen molar-refractivity contribution < 1.29 is 13.5 Å². The summed E-state index contributed by atoms with van der Waals surface area (Å²) < 4.78 is 34.7. The zero-order chi connectivity index (χ0) is 25.1. The predicted molar refractivity (Wildman–Crippen MR) is 132 cm³/mol. The van der Waals surface area contributed by atoms with Crippen molar-refractivity contribution in [3.8, 4) is 5.95 Å². The molecule has 0 saturated carbocycles. The summed E-state index contributed by atoms with van der Waals surface area (Å²) in [4.78, 5) is 26.3. The lowest BCUT2D eigenvalue weighted by Gasteiger charge is -2.27. The highest BCUT2D eigenvalue weighted by atomic mass is 19.3. The number of imidazole rings is 1. The molecule has 0 spiro atoms. The number of morpholine rings is 1. The largest absolute Gasteiger partial charge is 0.378 e. The van der Waals surface area contributed by atoms with Crippen molar-refractivity contribution in [1.29, 1.82) is 0 Å². The van der Waals surface area contributed by atoms with Crippen LogP contribution in [0.3, 0.4) is 0 Å². The second kappa shape index (κ2) is 10.5. The molecule has 0 bridgehead atoms. The van der Waals surface area contributed by atoms with Gasteiger partial charge in [0.25, 0.3) is 6.43 Å². The molecule has 0 radical (unpaired) electrons. The number of hydrogen-bond donors (Lipinski definition) is 1. The summed E-state index contributed by atoms with van der Waals surface area (Å²) >= 11 is 0. The lowest BCUT2D eigenvalue weighted by atomic mass is 10.2. The molecular formula is C24H27F2N9O. The number of nitrogens with one attached hydrogen (secondary N) is 1. The fourth-order valence-corrected chi connectivity index (χ4v) is 3.93. The Hall–Kier alpha value is -3.77. The highest BCUT2D eigenvalue weighted by Gasteiger charge is 2.24. The molecule has 5 rings (SSSR count). The molecule has 1 N–H and O–H groups in total. The number of para-hydroxylation sites is 2. The van der Waals surface area contributed by atoms with E-state index in [-0.39, 0.29) is 11.9 Å². The number of halogens is 2. The predicted octanol–water partition coefficient (Wildman–Crippen LogP) is 3.23. The zero-order valence-corrected chi connectivity index (χ0v) is 20.1. The molecule has 4 heterocycles. The molecule has 188 valence electrons. The number of ether oxygens (including phenoxy) is 1. The van der Waals surface area contributed by atoms with Crippen LogP contribution in [0.4, 0.5) is 26.4 Å². The Bertz CT molecular complexity index is 1320. The van der Waals surface area contributed by atoms with Crippen LogP contribution in [-0.4, -0.2) is 81.3 Å². The minimum atomic E-state index is -2.81. The van der Waals surface area contributed by atoms with Crippen LogP contribution in [0.2, 0.25) is 0 Å². The third kappa shape index (κ3) is 5.24. The van der Waals surface area contributed by atoms with E-state index in [2.05, 4.69) is 35.1 Å². The van der Waals surface area contributed by atoms with E-state index >= 15 is 0 Å². The van der Waals surface area contributed by atoms with E-state index in [0.717, 1.165) is 18.7 Å². The summed E-state index contributed by atoms with van der Waals surface area (Å²) in [6.45, 7) is 3.11. The van der Waals surface area contributed by atoms with Crippen molar-refractivity contribution in [3.63, 3.8) is 0 Å². The van der Waals surface area contributed by atoms with Gasteiger partial charge in [0.15, 0.2) is 5.82 Å². The van der Waals surface area contributed by atoms with Crippen LogP contribution in [0.5, 0.6) is 0 Å². The van der Waals surface area contributed by atoms with Crippen LogP contribution in [0.1, 0.15) is 17.9 Å². The van der Waals surface area contributed by atoms with Gasteiger partial charge in [0, 0.05) is 31.7 Å². The van der Waals surface area contributed by atoms with Crippen LogP contribution < -0.4 is 10.2 Å². The number of nitrogens with zero attached hydrogens (tertiary/aromatic N) is 8. The van der Waals surface area contributed by atoms with E-state index in [0.29, 0.717) is 49.0 Å². The van der Waals surface area contributed by atoms with Gasteiger partial charge >= 0.3 is 0 Å². The van der Waals surface area contributed by atoms with Gasteiger partial charge in [-0.2, -0.15) is 15.0 Å². The first-order valence-electron chi connectivity index (χ1n) is 11.7. The maximum atomic E-state index is 14.0. The van der Waals surface area contributed by atoms with Gasteiger partial charge in [0.1, 0.15) is 0 Å². The lowest BCUT2D eigenvalue weighted by Crippen LogP contribution is -2.37. The van der Waals surface area contributed by atoms with Crippen LogP contribution in [0.25, 0.3) is 17.0 Å². The molecule has 0 unspecified atom stereocenters. The average molecular weight is 496 g/mol. The first-order valence-corrected chi connectivity index (χ1v) is 11.7. The minimum Gasteiger partial charge on any atom is -0.378 e. The topological polar surface area (TPSA) is 97.1 Å². The van der Waals surface area contributed by atoms with E-state index < -0.39 is 12.2 Å². The third-order valence-corrected chi connectivity index (χ3v) is 5.78. The Kier molecular flexibility index (Phi) is 6.96. The number of benzene rings is 1. The Morgan fingerprint density at radius 3 is 2.50 bits per heavy atom. The molecule has 0 amide bonds. The van der Waals surface area contributed by atoms with E-state index in [1.807, 2.05) is 31.1 Å². The Morgan fingerprint density at radius 1 is 1.00 bits per heavy atom. The molecular weight excluding hydrogens is 468 g/mol. The molecule has 1 aliphatic rings. The van der Waals surface area contributed by atoms with Gasteiger partial charge in [-0.3, -0.25) is 9.55 Å². The number of fused-ring (bicyclic) bond motifs is 1. The summed E-state index contributed by atoms with van der Waals surface area (Å²) in [6, 6.07) is 10.8. The summed E-state index contributed by atoms with van der Waals surface area (Å²) in [5.41, 5.74) is 2.57. The van der Waals surface area contributed by atoms with Gasteiger partial charge in [0.05, 0.1) is 36.1 Å². The van der Waals surface area contributed by atoms with Crippen molar-refractivity contribution >= 4 is 28.6 Å². The molecule has 10 nitrogen and oxygen atoms in total. The molecule has 1 fully saturated rings. The number of likely N-dealkylation sites (N-methyl/N-ethyl adjacent to an activating group) is 1. The molecule has 0 aliphatic carbocycles. The highest BCUT2D eigenvalue weighted by Crippen LogP contribution is 2.28. The number of anilines is 3. The first kappa shape index (κ1) is 23.9. The molecule has 1 saturated heterocycles. The van der Waals surface area contributed by atoms with Gasteiger partial charge < -0.3 is 19.9 Å². The standard InChI is InChI=1S/C24H27F2N9O/c1-33(2)10-9-16-7-8-17(15-27-16)28-22-30-23(34-11-13-36-14-12-34)32-24(31-22)35-19-6-4-3-5-18(19)29-21(35)20(25)26/h3-8,15,20H,9-14H2,1-2H3,(H,28,30,31,32). The molecule has 36 heavy (non-hydrogen) atoms. The Labute approximate surface area is 207 Å². The van der Waals surface area contributed by atoms with Gasteiger partial charge in [-0.05, 0) is 38.4 Å². The SMILES string of the molecule is CN(C)CCc1ccc(Nc2nc(N3CCOCC3)nc(-n3c(C(F)F)nc4ccccc43)n2)cn1. The Morgan fingerprint density at radius 2 is 1.78 bits per heavy atom. The van der Waals surface area contributed by atoms with Crippen molar-refractivity contribution in [2.75, 3.05) is 57.2 Å². The van der Waals surface area contributed by atoms with Crippen LogP contribution in [0.15, 0.2) is 42.6 Å². The van der Waals surface area contributed by atoms with Crippen molar-refractivity contribution in [1.82, 2.24) is 34.4 Å². The van der Waals surface area contributed by atoms with E-state index in [1.54, 1.807) is 30.5 Å². The van der Waals surface area contributed by atoms with Crippen LogP contribution >= 0.6 is 0 Å². The number of rotatable bonds is 8. The summed E-state index contributed by atoms with van der Waals surface area (Å²) in [7, 11) is 4.03. The fraction of sp³-hybridized carbons (Fsp3) is 0.375. The molecule has 3 aromatic heterocycles. The van der Waals surface area contributed by atoms with Gasteiger partial charge in [-0.25, -0.2) is 13.8 Å². The minimum absolute atomic E-state index is 0.0635. The van der Waals surface area contributed by atoms with Gasteiger partial charge in [-0.15, -0.1) is 0 Å². The lowest BCUT2D eigenvalue weighted by molar-refractivity contribution is 0.122. The van der Waals surface area contributed by atoms with E-state index in [4.69, 9.17) is 4.74 Å². The van der Waals surface area contributed by atoms with Crippen LogP contribution in [0, 0.1) is 0 Å². The van der Waals surface area contributed by atoms with Crippen LogP contribution in [-0.2, 0) is 11.2 Å². The average Bonchev–Trinajstić information content (AvgIpc) is 3.29. The highest BCUT2D eigenvalue weighted by molar-refractivity contribution is 5.77. The molecule has 4 aromatic rings. The van der Waals surface area contributed by atoms with Gasteiger partial charge in [-0.1, -0.05) is 12.1 Å². The third-order valence-electron chi connectivity index (χ3n) is 5.78. The molecule has 1 aliphatic heterocycles. The number of hydrogen-bond acceptors (Lipinski definition) is 9. The first-order chi connectivity index (χ1) is 17.5. The smallest absolute Gasteiger partial charge is 0.296 e. The molecule has 0 atom stereocenters. The second-order valence-corrected chi connectivity index (χ2v) is 8.67. The van der Waals surface area contributed by atoms with E-state index in [1.165, 1.54) is 4.57 Å². The normalized spacial score (nSPS) is 14.2. The maximum Gasteiger partial charge on any atom is 0.296 e. The van der Waals surface area contributed by atoms with E-state index in [9.17, 15) is 8.78 Å². The Balaban J connectivity index is 1.54. The van der Waals surface area contributed by atoms with Crippen molar-refractivity contribution in [3.05, 3.63) is 54.1 Å². The molecule has 12 heteroatoms. The molecule has 1 aromatic carbocycles. The summed E-state index contributed by atoms with van der Waals surface area (Å²) in [5.74, 6) is 0.239. The fourth-order valence-electron chi connectivity index (χ4n) is 3.93. The second-order valence-electron chi connectivity index (χ2n) is 8.67. The van der Waals surface area contributed by atoms with Crippen molar-refractivity contribution in [2.24, 2.45) is 0 Å². The monoisotopic (exact) mass is 495 g/mol. The quantitative estimate of drug-likeness (QED) is 0.395. The van der Waals surface area contributed by atoms with Crippen molar-refractivity contribution in [2.45, 2.75) is 12.8 Å². The number of alkyl halides is 2. The summed E-state index contributed by atoms with van der Waals surface area (Å²) in [6.07, 6.45) is -0.273. The van der Waals surface area contributed by atoms with Gasteiger partial charge in [0.2, 0.25) is 17.8 Å².